The molecule has 0 saturated carbocycles. The van der Waals surface area contributed by atoms with Crippen molar-refractivity contribution in [2.45, 2.75) is 43.9 Å². The lowest BCUT2D eigenvalue weighted by Gasteiger charge is -2.32. The first-order valence-corrected chi connectivity index (χ1v) is 12.4. The molecule has 0 bridgehead atoms. The number of anilines is 1. The van der Waals surface area contributed by atoms with Gasteiger partial charge in [-0.2, -0.15) is 0 Å². The van der Waals surface area contributed by atoms with E-state index in [1.54, 1.807) is 0 Å². The van der Waals surface area contributed by atoms with Crippen LogP contribution in [-0.2, 0) is 17.1 Å². The quantitative estimate of drug-likeness (QED) is 0.425. The van der Waals surface area contributed by atoms with E-state index in [9.17, 15) is 4.79 Å². The topological polar surface area (TPSA) is 32.3 Å². The molecule has 4 rings (SSSR count). The van der Waals surface area contributed by atoms with Gasteiger partial charge in [-0.05, 0) is 68.1 Å². The van der Waals surface area contributed by atoms with E-state index in [1.165, 1.54) is 21.6 Å². The Labute approximate surface area is 196 Å². The monoisotopic (exact) mass is 444 g/mol. The molecule has 1 aliphatic heterocycles. The fraction of sp³-hybridized carbons (Fsp3) is 0.321. The average Bonchev–Trinajstić information content (AvgIpc) is 2.81. The van der Waals surface area contributed by atoms with E-state index in [4.69, 9.17) is 0 Å². The van der Waals surface area contributed by atoms with Gasteiger partial charge in [0.2, 0.25) is 5.91 Å². The summed E-state index contributed by atoms with van der Waals surface area (Å²) < 4.78 is 0. The number of carbonyl (C=O) groups is 1. The van der Waals surface area contributed by atoms with Crippen LogP contribution in [-0.4, -0.2) is 23.9 Å². The molecule has 3 aromatic carbocycles. The van der Waals surface area contributed by atoms with E-state index >= 15 is 0 Å². The van der Waals surface area contributed by atoms with Gasteiger partial charge in [-0.3, -0.25) is 9.69 Å². The SMILES string of the molecule is Cc1ccc(CN2CCCC(C(=O)Nc3ccc(CSc4ccccc4)cc3C)C2)cc1. The highest BCUT2D eigenvalue weighted by Gasteiger charge is 2.26. The van der Waals surface area contributed by atoms with Crippen LogP contribution in [0, 0.1) is 19.8 Å². The van der Waals surface area contributed by atoms with Crippen molar-refractivity contribution in [1.29, 1.82) is 0 Å². The molecule has 166 valence electrons. The number of carbonyl (C=O) groups excluding carboxylic acids is 1. The van der Waals surface area contributed by atoms with Crippen molar-refractivity contribution in [3.63, 3.8) is 0 Å². The number of likely N-dealkylation sites (tertiary alicyclic amines) is 1. The van der Waals surface area contributed by atoms with Crippen LogP contribution in [0.5, 0.6) is 0 Å². The molecule has 3 aromatic rings. The van der Waals surface area contributed by atoms with E-state index in [2.05, 4.69) is 90.8 Å². The van der Waals surface area contributed by atoms with Gasteiger partial charge in [-0.15, -0.1) is 11.8 Å². The minimum Gasteiger partial charge on any atom is -0.326 e. The van der Waals surface area contributed by atoms with E-state index in [0.717, 1.165) is 49.5 Å². The third-order valence-electron chi connectivity index (χ3n) is 6.10. The minimum atomic E-state index is 0.0434. The molecule has 1 aliphatic rings. The number of benzene rings is 3. The van der Waals surface area contributed by atoms with Crippen molar-refractivity contribution in [1.82, 2.24) is 4.90 Å². The number of hydrogen-bond acceptors (Lipinski definition) is 3. The zero-order valence-corrected chi connectivity index (χ0v) is 19.8. The maximum atomic E-state index is 13.0. The van der Waals surface area contributed by atoms with Gasteiger partial charge in [0.1, 0.15) is 0 Å². The zero-order valence-electron chi connectivity index (χ0n) is 19.0. The minimum absolute atomic E-state index is 0.0434. The second kappa shape index (κ2) is 10.8. The number of nitrogens with zero attached hydrogens (tertiary/aromatic N) is 1. The van der Waals surface area contributed by atoms with Crippen molar-refractivity contribution in [2.75, 3.05) is 18.4 Å². The molecule has 1 atom stereocenters. The van der Waals surface area contributed by atoms with E-state index in [0.29, 0.717) is 0 Å². The Hall–Kier alpha value is -2.56. The number of amides is 1. The molecule has 0 aliphatic carbocycles. The highest BCUT2D eigenvalue weighted by atomic mass is 32.2. The maximum absolute atomic E-state index is 13.0. The molecule has 0 spiro atoms. The summed E-state index contributed by atoms with van der Waals surface area (Å²) in [4.78, 5) is 16.7. The number of thioether (sulfide) groups is 1. The third-order valence-corrected chi connectivity index (χ3v) is 7.18. The molecule has 1 N–H and O–H groups in total. The summed E-state index contributed by atoms with van der Waals surface area (Å²) in [6, 6.07) is 25.5. The molecule has 3 nitrogen and oxygen atoms in total. The molecular formula is C28H32N2OS. The van der Waals surface area contributed by atoms with Crippen molar-refractivity contribution < 1.29 is 4.79 Å². The Balaban J connectivity index is 1.32. The second-order valence-corrected chi connectivity index (χ2v) is 9.85. The summed E-state index contributed by atoms with van der Waals surface area (Å²) >= 11 is 1.83. The number of aryl methyl sites for hydroxylation is 2. The smallest absolute Gasteiger partial charge is 0.228 e. The van der Waals surface area contributed by atoms with E-state index < -0.39 is 0 Å². The normalized spacial score (nSPS) is 16.6. The Morgan fingerprint density at radius 2 is 1.75 bits per heavy atom. The summed E-state index contributed by atoms with van der Waals surface area (Å²) in [5.74, 6) is 1.12. The van der Waals surface area contributed by atoms with Crippen LogP contribution in [0.15, 0.2) is 77.7 Å². The van der Waals surface area contributed by atoms with Gasteiger partial charge in [0.25, 0.3) is 0 Å². The molecule has 4 heteroatoms. The molecule has 1 saturated heterocycles. The van der Waals surface area contributed by atoms with E-state index in [-0.39, 0.29) is 11.8 Å². The van der Waals surface area contributed by atoms with Crippen LogP contribution in [0.1, 0.15) is 35.1 Å². The van der Waals surface area contributed by atoms with Crippen LogP contribution in [0.25, 0.3) is 0 Å². The van der Waals surface area contributed by atoms with Crippen LogP contribution in [0.2, 0.25) is 0 Å². The second-order valence-electron chi connectivity index (χ2n) is 8.80. The first kappa shape index (κ1) is 22.6. The molecule has 1 amide bonds. The predicted molar refractivity (Wildman–Crippen MR) is 135 cm³/mol. The fourth-order valence-electron chi connectivity index (χ4n) is 4.24. The standard InChI is InChI=1S/C28H32N2OS/c1-21-10-12-23(13-11-21)18-30-16-6-7-25(19-30)28(31)29-27-15-14-24(17-22(27)2)20-32-26-8-4-3-5-9-26/h3-5,8-15,17,25H,6-7,16,18-20H2,1-2H3,(H,29,31). The fourth-order valence-corrected chi connectivity index (χ4v) is 5.10. The molecule has 1 heterocycles. The lowest BCUT2D eigenvalue weighted by atomic mass is 9.96. The summed E-state index contributed by atoms with van der Waals surface area (Å²) in [6.45, 7) is 6.99. The molecule has 0 aromatic heterocycles. The highest BCUT2D eigenvalue weighted by Crippen LogP contribution is 2.26. The number of hydrogen-bond donors (Lipinski definition) is 1. The molecule has 1 fully saturated rings. The predicted octanol–water partition coefficient (Wildman–Crippen LogP) is 6.45. The van der Waals surface area contributed by atoms with Crippen molar-refractivity contribution >= 4 is 23.4 Å². The summed E-state index contributed by atoms with van der Waals surface area (Å²) in [5, 5.41) is 3.20. The number of nitrogens with one attached hydrogen (secondary N) is 1. The maximum Gasteiger partial charge on any atom is 0.228 e. The van der Waals surface area contributed by atoms with Gasteiger partial charge in [0, 0.05) is 29.4 Å². The Morgan fingerprint density at radius 1 is 1.00 bits per heavy atom. The van der Waals surface area contributed by atoms with Gasteiger partial charge in [-0.1, -0.05) is 60.2 Å². The Bertz CT molecular complexity index is 1030. The number of rotatable bonds is 7. The van der Waals surface area contributed by atoms with Gasteiger partial charge in [0.05, 0.1) is 5.92 Å². The number of piperidine rings is 1. The van der Waals surface area contributed by atoms with Crippen LogP contribution in [0.3, 0.4) is 0 Å². The van der Waals surface area contributed by atoms with Gasteiger partial charge in [0.15, 0.2) is 0 Å². The van der Waals surface area contributed by atoms with Gasteiger partial charge < -0.3 is 5.32 Å². The molecule has 32 heavy (non-hydrogen) atoms. The highest BCUT2D eigenvalue weighted by molar-refractivity contribution is 7.98. The van der Waals surface area contributed by atoms with Crippen molar-refractivity contribution in [2.24, 2.45) is 5.92 Å². The average molecular weight is 445 g/mol. The Kier molecular flexibility index (Phi) is 7.67. The van der Waals surface area contributed by atoms with Crippen LogP contribution in [0.4, 0.5) is 5.69 Å². The van der Waals surface area contributed by atoms with Crippen LogP contribution < -0.4 is 5.32 Å². The van der Waals surface area contributed by atoms with Crippen molar-refractivity contribution in [3.8, 4) is 0 Å². The lowest BCUT2D eigenvalue weighted by Crippen LogP contribution is -2.40. The van der Waals surface area contributed by atoms with Gasteiger partial charge >= 0.3 is 0 Å². The van der Waals surface area contributed by atoms with Crippen molar-refractivity contribution in [3.05, 3.63) is 95.1 Å². The Morgan fingerprint density at radius 3 is 2.50 bits per heavy atom. The van der Waals surface area contributed by atoms with E-state index in [1.807, 2.05) is 17.8 Å². The summed E-state index contributed by atoms with van der Waals surface area (Å²) in [6.07, 6.45) is 2.03. The summed E-state index contributed by atoms with van der Waals surface area (Å²) in [5.41, 5.74) is 5.92. The largest absolute Gasteiger partial charge is 0.326 e. The first-order valence-electron chi connectivity index (χ1n) is 11.4. The van der Waals surface area contributed by atoms with Crippen LogP contribution >= 0.6 is 11.8 Å². The zero-order chi connectivity index (χ0) is 22.3. The van der Waals surface area contributed by atoms with Gasteiger partial charge in [-0.25, -0.2) is 0 Å². The third kappa shape index (κ3) is 6.24. The lowest BCUT2D eigenvalue weighted by molar-refractivity contribution is -0.121. The molecule has 0 radical (unpaired) electrons. The first-order chi connectivity index (χ1) is 15.6. The molecular weight excluding hydrogens is 412 g/mol. The summed E-state index contributed by atoms with van der Waals surface area (Å²) in [7, 11) is 0. The molecule has 1 unspecified atom stereocenters.